The van der Waals surface area contributed by atoms with Crippen molar-refractivity contribution in [2.75, 3.05) is 5.32 Å². The number of carbonyl (C=O) groups is 2. The van der Waals surface area contributed by atoms with Crippen LogP contribution in [-0.2, 0) is 11.3 Å². The number of benzene rings is 1. The Balaban J connectivity index is 1.57. The lowest BCUT2D eigenvalue weighted by atomic mass is 10.1. The summed E-state index contributed by atoms with van der Waals surface area (Å²) in [6.45, 7) is 2.08. The fraction of sp³-hybridized carbons (Fsp3) is 0.200. The van der Waals surface area contributed by atoms with Gasteiger partial charge in [0.1, 0.15) is 6.54 Å². The predicted molar refractivity (Wildman–Crippen MR) is 102 cm³/mol. The van der Waals surface area contributed by atoms with Crippen molar-refractivity contribution < 1.29 is 9.59 Å². The van der Waals surface area contributed by atoms with E-state index in [9.17, 15) is 9.59 Å². The summed E-state index contributed by atoms with van der Waals surface area (Å²) in [5.74, 6) is -0.369. The minimum atomic E-state index is -0.219. The molecule has 0 radical (unpaired) electrons. The molecule has 0 saturated heterocycles. The highest BCUT2D eigenvalue weighted by atomic mass is 16.2. The molecule has 2 aromatic heterocycles. The van der Waals surface area contributed by atoms with Crippen LogP contribution in [0.1, 0.15) is 35.3 Å². The van der Waals surface area contributed by atoms with Gasteiger partial charge in [0.25, 0.3) is 5.91 Å². The molecule has 0 fully saturated rings. The van der Waals surface area contributed by atoms with Crippen molar-refractivity contribution >= 4 is 17.5 Å². The van der Waals surface area contributed by atoms with E-state index in [0.717, 1.165) is 12.0 Å². The summed E-state index contributed by atoms with van der Waals surface area (Å²) >= 11 is 0. The standard InChI is InChI=1S/C20H21N5O2/c1-2-18(15-8-10-21-11-9-15)24-19(26)14-25-13-17(12-22-25)23-20(27)16-6-4-3-5-7-16/h3-13,18H,2,14H2,1H3,(H,23,27)(H,24,26). The number of nitrogens with one attached hydrogen (secondary N) is 2. The number of hydrogen-bond acceptors (Lipinski definition) is 4. The van der Waals surface area contributed by atoms with Crippen LogP contribution >= 0.6 is 0 Å². The lowest BCUT2D eigenvalue weighted by molar-refractivity contribution is -0.122. The highest BCUT2D eigenvalue weighted by molar-refractivity contribution is 6.04. The molecule has 27 heavy (non-hydrogen) atoms. The lowest BCUT2D eigenvalue weighted by Crippen LogP contribution is -2.31. The zero-order valence-corrected chi connectivity index (χ0v) is 15.0. The number of amides is 2. The number of aromatic nitrogens is 3. The molecule has 2 N–H and O–H groups in total. The summed E-state index contributed by atoms with van der Waals surface area (Å²) in [4.78, 5) is 28.5. The first-order valence-corrected chi connectivity index (χ1v) is 8.74. The van der Waals surface area contributed by atoms with Gasteiger partial charge < -0.3 is 10.6 Å². The second-order valence-electron chi connectivity index (χ2n) is 6.06. The Morgan fingerprint density at radius 1 is 1.11 bits per heavy atom. The van der Waals surface area contributed by atoms with Crippen molar-refractivity contribution in [3.63, 3.8) is 0 Å². The molecule has 0 aliphatic rings. The van der Waals surface area contributed by atoms with Gasteiger partial charge in [-0.1, -0.05) is 25.1 Å². The molecular formula is C20H21N5O2. The number of pyridine rings is 1. The van der Waals surface area contributed by atoms with Gasteiger partial charge in [-0.2, -0.15) is 5.10 Å². The molecule has 7 heteroatoms. The summed E-state index contributed by atoms with van der Waals surface area (Å²) < 4.78 is 1.50. The van der Waals surface area contributed by atoms with Crippen LogP contribution in [0.25, 0.3) is 0 Å². The summed E-state index contributed by atoms with van der Waals surface area (Å²) in [5, 5.41) is 9.90. The molecule has 7 nitrogen and oxygen atoms in total. The van der Waals surface area contributed by atoms with Crippen LogP contribution in [-0.4, -0.2) is 26.6 Å². The number of nitrogens with zero attached hydrogens (tertiary/aromatic N) is 3. The van der Waals surface area contributed by atoms with Crippen molar-refractivity contribution in [2.24, 2.45) is 0 Å². The van der Waals surface area contributed by atoms with E-state index in [4.69, 9.17) is 0 Å². The molecule has 0 saturated carbocycles. The molecule has 2 heterocycles. The molecule has 1 aromatic carbocycles. The molecule has 3 rings (SSSR count). The van der Waals surface area contributed by atoms with Gasteiger partial charge in [0.15, 0.2) is 0 Å². The Morgan fingerprint density at radius 3 is 2.56 bits per heavy atom. The zero-order valence-electron chi connectivity index (χ0n) is 15.0. The Morgan fingerprint density at radius 2 is 1.85 bits per heavy atom. The van der Waals surface area contributed by atoms with Crippen LogP contribution in [0.3, 0.4) is 0 Å². The van der Waals surface area contributed by atoms with E-state index in [-0.39, 0.29) is 24.4 Å². The van der Waals surface area contributed by atoms with Gasteiger partial charge >= 0.3 is 0 Å². The Bertz CT molecular complexity index is 893. The van der Waals surface area contributed by atoms with Crippen molar-refractivity contribution in [1.82, 2.24) is 20.1 Å². The predicted octanol–water partition coefficient (Wildman–Crippen LogP) is 2.80. The van der Waals surface area contributed by atoms with Gasteiger partial charge in [-0.3, -0.25) is 19.3 Å². The lowest BCUT2D eigenvalue weighted by Gasteiger charge is -2.17. The molecule has 3 aromatic rings. The van der Waals surface area contributed by atoms with E-state index in [2.05, 4.69) is 20.7 Å². The van der Waals surface area contributed by atoms with Gasteiger partial charge in [0.05, 0.1) is 17.9 Å². The smallest absolute Gasteiger partial charge is 0.255 e. The van der Waals surface area contributed by atoms with Gasteiger partial charge in [0, 0.05) is 24.2 Å². The van der Waals surface area contributed by atoms with Crippen LogP contribution in [0.4, 0.5) is 5.69 Å². The second kappa shape index (κ2) is 8.75. The zero-order chi connectivity index (χ0) is 19.1. The van der Waals surface area contributed by atoms with E-state index < -0.39 is 0 Å². The topological polar surface area (TPSA) is 88.9 Å². The number of carbonyl (C=O) groups excluding carboxylic acids is 2. The maximum Gasteiger partial charge on any atom is 0.255 e. The first kappa shape index (κ1) is 18.3. The number of rotatable bonds is 7. The summed E-state index contributed by atoms with van der Waals surface area (Å²) in [6, 6.07) is 12.6. The minimum Gasteiger partial charge on any atom is -0.348 e. The van der Waals surface area contributed by atoms with Gasteiger partial charge in [-0.15, -0.1) is 0 Å². The summed E-state index contributed by atoms with van der Waals surface area (Å²) in [5.41, 5.74) is 2.11. The van der Waals surface area contributed by atoms with E-state index in [1.54, 1.807) is 42.9 Å². The fourth-order valence-corrected chi connectivity index (χ4v) is 2.71. The molecule has 0 aliphatic carbocycles. The second-order valence-corrected chi connectivity index (χ2v) is 6.06. The average molecular weight is 363 g/mol. The van der Waals surface area contributed by atoms with Crippen LogP contribution in [0.5, 0.6) is 0 Å². The molecule has 2 amide bonds. The first-order chi connectivity index (χ1) is 13.2. The molecular weight excluding hydrogens is 342 g/mol. The molecule has 0 aliphatic heterocycles. The number of anilines is 1. The Hall–Kier alpha value is -3.48. The van der Waals surface area contributed by atoms with Gasteiger partial charge in [-0.25, -0.2) is 0 Å². The van der Waals surface area contributed by atoms with Gasteiger partial charge in [0.2, 0.25) is 5.91 Å². The average Bonchev–Trinajstić information content (AvgIpc) is 3.14. The quantitative estimate of drug-likeness (QED) is 0.675. The van der Waals surface area contributed by atoms with Gasteiger partial charge in [-0.05, 0) is 36.2 Å². The molecule has 1 atom stereocenters. The highest BCUT2D eigenvalue weighted by Gasteiger charge is 2.14. The molecule has 0 bridgehead atoms. The SMILES string of the molecule is CCC(NC(=O)Cn1cc(NC(=O)c2ccccc2)cn1)c1ccncc1. The van der Waals surface area contributed by atoms with Crippen molar-refractivity contribution in [2.45, 2.75) is 25.9 Å². The minimum absolute atomic E-state index is 0.0722. The van der Waals surface area contributed by atoms with E-state index in [1.807, 2.05) is 25.1 Å². The third-order valence-corrected chi connectivity index (χ3v) is 4.08. The van der Waals surface area contributed by atoms with Crippen LogP contribution < -0.4 is 10.6 Å². The first-order valence-electron chi connectivity index (χ1n) is 8.74. The summed E-state index contributed by atoms with van der Waals surface area (Å²) in [7, 11) is 0. The normalized spacial score (nSPS) is 11.6. The third-order valence-electron chi connectivity index (χ3n) is 4.08. The molecule has 138 valence electrons. The van der Waals surface area contributed by atoms with Crippen LogP contribution in [0, 0.1) is 0 Å². The fourth-order valence-electron chi connectivity index (χ4n) is 2.71. The summed E-state index contributed by atoms with van der Waals surface area (Å²) in [6.07, 6.45) is 7.34. The van der Waals surface area contributed by atoms with Crippen molar-refractivity contribution in [3.8, 4) is 0 Å². The number of hydrogen-bond donors (Lipinski definition) is 2. The van der Waals surface area contributed by atoms with Crippen LogP contribution in [0.2, 0.25) is 0 Å². The van der Waals surface area contributed by atoms with Crippen molar-refractivity contribution in [1.29, 1.82) is 0 Å². The monoisotopic (exact) mass is 363 g/mol. The van der Waals surface area contributed by atoms with Crippen LogP contribution in [0.15, 0.2) is 67.3 Å². The Labute approximate surface area is 157 Å². The van der Waals surface area contributed by atoms with E-state index in [0.29, 0.717) is 11.3 Å². The third kappa shape index (κ3) is 5.01. The molecule has 0 spiro atoms. The van der Waals surface area contributed by atoms with Crippen molar-refractivity contribution in [3.05, 3.63) is 78.4 Å². The maximum absolute atomic E-state index is 12.3. The largest absolute Gasteiger partial charge is 0.348 e. The highest BCUT2D eigenvalue weighted by Crippen LogP contribution is 2.15. The van der Waals surface area contributed by atoms with E-state index >= 15 is 0 Å². The van der Waals surface area contributed by atoms with E-state index in [1.165, 1.54) is 10.9 Å². The Kier molecular flexibility index (Phi) is 5.94. The maximum atomic E-state index is 12.3. The molecule has 1 unspecified atom stereocenters.